The summed E-state index contributed by atoms with van der Waals surface area (Å²) in [5.74, 6) is -0.663. The van der Waals surface area contributed by atoms with E-state index in [-0.39, 0.29) is 17.8 Å². The molecule has 0 aliphatic carbocycles. The molecule has 2 N–H and O–H groups in total. The molecule has 0 atom stereocenters. The highest BCUT2D eigenvalue weighted by atomic mass is 16.7. The Balaban J connectivity index is 3.10. The van der Waals surface area contributed by atoms with E-state index < -0.39 is 12.2 Å². The second kappa shape index (κ2) is 5.43. The average molecular weight is 226 g/mol. The lowest BCUT2D eigenvalue weighted by Crippen LogP contribution is -2.33. The molecule has 0 aliphatic rings. The van der Waals surface area contributed by atoms with Gasteiger partial charge in [0.1, 0.15) is 5.69 Å². The molecule has 0 fully saturated rings. The highest BCUT2D eigenvalue weighted by Gasteiger charge is 2.13. The number of nitrogens with two attached hydrogens (primary N) is 1. The zero-order valence-electron chi connectivity index (χ0n) is 9.17. The zero-order chi connectivity index (χ0) is 12.1. The molecule has 0 radical (unpaired) electrons. The van der Waals surface area contributed by atoms with Crippen LogP contribution in [0.1, 0.15) is 10.5 Å². The topological polar surface area (TPSA) is 83.5 Å². The van der Waals surface area contributed by atoms with Crippen molar-refractivity contribution in [3.8, 4) is 0 Å². The van der Waals surface area contributed by atoms with Gasteiger partial charge in [-0.3, -0.25) is 14.2 Å². The Kier molecular flexibility index (Phi) is 4.21. The quantitative estimate of drug-likeness (QED) is 0.690. The zero-order valence-corrected chi connectivity index (χ0v) is 9.17. The second-order valence-electron chi connectivity index (χ2n) is 3.13. The molecule has 1 rings (SSSR count). The molecule has 1 heterocycles. The van der Waals surface area contributed by atoms with Gasteiger partial charge in [0.05, 0.1) is 6.54 Å². The van der Waals surface area contributed by atoms with Crippen LogP contribution in [-0.2, 0) is 16.0 Å². The van der Waals surface area contributed by atoms with Gasteiger partial charge in [-0.15, -0.1) is 0 Å². The van der Waals surface area contributed by atoms with E-state index in [4.69, 9.17) is 15.2 Å². The molecule has 6 heteroatoms. The van der Waals surface area contributed by atoms with Crippen molar-refractivity contribution in [2.24, 2.45) is 5.73 Å². The second-order valence-corrected chi connectivity index (χ2v) is 3.13. The van der Waals surface area contributed by atoms with E-state index >= 15 is 0 Å². The minimum Gasteiger partial charge on any atom is -0.364 e. The summed E-state index contributed by atoms with van der Waals surface area (Å²) in [7, 11) is 2.90. The highest BCUT2D eigenvalue weighted by molar-refractivity contribution is 5.90. The maximum Gasteiger partial charge on any atom is 0.265 e. The molecule has 88 valence electrons. The van der Waals surface area contributed by atoms with E-state index in [1.807, 2.05) is 0 Å². The Morgan fingerprint density at radius 2 is 2.06 bits per heavy atom. The van der Waals surface area contributed by atoms with E-state index in [0.29, 0.717) is 0 Å². The Hall–Kier alpha value is -1.66. The van der Waals surface area contributed by atoms with Gasteiger partial charge in [-0.1, -0.05) is 6.07 Å². The van der Waals surface area contributed by atoms with Crippen LogP contribution in [0.3, 0.4) is 0 Å². The minimum absolute atomic E-state index is 0.116. The molecular formula is C10H14N2O4. The number of rotatable bonds is 5. The fourth-order valence-corrected chi connectivity index (χ4v) is 1.32. The van der Waals surface area contributed by atoms with Crippen molar-refractivity contribution in [2.75, 3.05) is 14.2 Å². The van der Waals surface area contributed by atoms with E-state index in [1.54, 1.807) is 0 Å². The fourth-order valence-electron chi connectivity index (χ4n) is 1.32. The van der Waals surface area contributed by atoms with Gasteiger partial charge in [0.25, 0.3) is 11.5 Å². The predicted molar refractivity (Wildman–Crippen MR) is 57.0 cm³/mol. The van der Waals surface area contributed by atoms with E-state index in [9.17, 15) is 9.59 Å². The first kappa shape index (κ1) is 12.4. The molecule has 1 aromatic rings. The molecule has 0 saturated carbocycles. The van der Waals surface area contributed by atoms with Gasteiger partial charge in [0, 0.05) is 20.3 Å². The summed E-state index contributed by atoms with van der Waals surface area (Å²) >= 11 is 0. The number of carbonyl (C=O) groups excluding carboxylic acids is 1. The Bertz CT molecular complexity index is 423. The van der Waals surface area contributed by atoms with E-state index in [1.165, 1.54) is 37.0 Å². The molecule has 0 spiro atoms. The van der Waals surface area contributed by atoms with Crippen molar-refractivity contribution in [3.63, 3.8) is 0 Å². The maximum absolute atomic E-state index is 11.6. The molecule has 0 saturated heterocycles. The number of hydrogen-bond donors (Lipinski definition) is 1. The Morgan fingerprint density at radius 1 is 1.44 bits per heavy atom. The van der Waals surface area contributed by atoms with Crippen molar-refractivity contribution in [1.29, 1.82) is 0 Å². The number of amides is 1. The van der Waals surface area contributed by atoms with Gasteiger partial charge in [0.2, 0.25) is 0 Å². The lowest BCUT2D eigenvalue weighted by atomic mass is 10.3. The van der Waals surface area contributed by atoms with Crippen LogP contribution in [0.25, 0.3) is 0 Å². The van der Waals surface area contributed by atoms with Gasteiger partial charge < -0.3 is 15.2 Å². The number of pyridine rings is 1. The Labute approximate surface area is 92.6 Å². The van der Waals surface area contributed by atoms with Crippen LogP contribution < -0.4 is 11.3 Å². The van der Waals surface area contributed by atoms with Crippen LogP contribution in [-0.4, -0.2) is 31.0 Å². The van der Waals surface area contributed by atoms with E-state index in [0.717, 1.165) is 0 Å². The monoisotopic (exact) mass is 226 g/mol. The normalized spacial score (nSPS) is 10.7. The molecule has 1 amide bonds. The first-order valence-corrected chi connectivity index (χ1v) is 4.65. The summed E-state index contributed by atoms with van der Waals surface area (Å²) in [5, 5.41) is 0. The van der Waals surface area contributed by atoms with Gasteiger partial charge in [-0.25, -0.2) is 0 Å². The largest absolute Gasteiger partial charge is 0.364 e. The van der Waals surface area contributed by atoms with Gasteiger partial charge >= 0.3 is 0 Å². The lowest BCUT2D eigenvalue weighted by Gasteiger charge is -2.16. The third-order valence-corrected chi connectivity index (χ3v) is 2.16. The smallest absolute Gasteiger partial charge is 0.265 e. The number of hydrogen-bond acceptors (Lipinski definition) is 4. The van der Waals surface area contributed by atoms with Crippen molar-refractivity contribution in [2.45, 2.75) is 12.8 Å². The Morgan fingerprint density at radius 3 is 2.56 bits per heavy atom. The van der Waals surface area contributed by atoms with Gasteiger partial charge in [-0.05, 0) is 6.07 Å². The predicted octanol–water partition coefficient (Wildman–Crippen LogP) is -0.434. The summed E-state index contributed by atoms with van der Waals surface area (Å²) in [6.45, 7) is 0.116. The van der Waals surface area contributed by atoms with Crippen LogP contribution in [0.2, 0.25) is 0 Å². The van der Waals surface area contributed by atoms with E-state index in [2.05, 4.69) is 0 Å². The summed E-state index contributed by atoms with van der Waals surface area (Å²) in [4.78, 5) is 22.7. The average Bonchev–Trinajstić information content (AvgIpc) is 2.27. The lowest BCUT2D eigenvalue weighted by molar-refractivity contribution is -0.111. The number of methoxy groups -OCH3 is 2. The van der Waals surface area contributed by atoms with Crippen molar-refractivity contribution in [1.82, 2.24) is 4.57 Å². The van der Waals surface area contributed by atoms with Crippen molar-refractivity contribution in [3.05, 3.63) is 34.2 Å². The SMILES string of the molecule is COC(Cn1c(C(N)=O)cccc1=O)OC. The maximum atomic E-state index is 11.6. The number of carbonyl (C=O) groups is 1. The standard InChI is InChI=1S/C10H14N2O4/c1-15-9(16-2)6-12-7(10(11)14)4-3-5-8(12)13/h3-5,9H,6H2,1-2H3,(H2,11,14). The van der Waals surface area contributed by atoms with Gasteiger partial charge in [0.15, 0.2) is 6.29 Å². The molecule has 0 aliphatic heterocycles. The number of ether oxygens (including phenoxy) is 2. The molecule has 16 heavy (non-hydrogen) atoms. The van der Waals surface area contributed by atoms with Crippen molar-refractivity contribution < 1.29 is 14.3 Å². The van der Waals surface area contributed by atoms with Crippen LogP contribution in [0.15, 0.2) is 23.0 Å². The summed E-state index contributed by atoms with van der Waals surface area (Å²) in [6, 6.07) is 4.30. The van der Waals surface area contributed by atoms with Crippen LogP contribution in [0.5, 0.6) is 0 Å². The first-order valence-electron chi connectivity index (χ1n) is 4.65. The van der Waals surface area contributed by atoms with Crippen LogP contribution >= 0.6 is 0 Å². The third kappa shape index (κ3) is 2.68. The molecule has 0 aromatic carbocycles. The van der Waals surface area contributed by atoms with Gasteiger partial charge in [-0.2, -0.15) is 0 Å². The van der Waals surface area contributed by atoms with Crippen LogP contribution in [0.4, 0.5) is 0 Å². The number of aromatic nitrogens is 1. The fraction of sp³-hybridized carbons (Fsp3) is 0.400. The summed E-state index contributed by atoms with van der Waals surface area (Å²) in [6.07, 6.45) is -0.599. The molecule has 0 bridgehead atoms. The van der Waals surface area contributed by atoms with Crippen LogP contribution in [0, 0.1) is 0 Å². The molecule has 1 aromatic heterocycles. The molecule has 0 unspecified atom stereocenters. The number of primary amides is 1. The minimum atomic E-state index is -0.663. The summed E-state index contributed by atoms with van der Waals surface area (Å²) in [5.41, 5.74) is 4.97. The number of nitrogens with zero attached hydrogens (tertiary/aromatic N) is 1. The first-order chi connectivity index (χ1) is 7.60. The molecular weight excluding hydrogens is 212 g/mol. The van der Waals surface area contributed by atoms with Crippen molar-refractivity contribution >= 4 is 5.91 Å². The third-order valence-electron chi connectivity index (χ3n) is 2.16. The summed E-state index contributed by atoms with van der Waals surface area (Å²) < 4.78 is 11.1. The molecule has 6 nitrogen and oxygen atoms in total. The highest BCUT2D eigenvalue weighted by Crippen LogP contribution is 2.00.